The van der Waals surface area contributed by atoms with Gasteiger partial charge in [0, 0.05) is 5.56 Å². The summed E-state index contributed by atoms with van der Waals surface area (Å²) in [7, 11) is 4.45. The maximum Gasteiger partial charge on any atom is 0.405 e. The zero-order valence-electron chi connectivity index (χ0n) is 12.9. The van der Waals surface area contributed by atoms with Crippen molar-refractivity contribution in [3.63, 3.8) is 0 Å². The fourth-order valence-corrected chi connectivity index (χ4v) is 2.14. The molecule has 2 N–H and O–H groups in total. The Morgan fingerprint density at radius 1 is 1.22 bits per heavy atom. The number of aromatic nitrogens is 4. The van der Waals surface area contributed by atoms with Crippen LogP contribution in [0.25, 0.3) is 0 Å². The van der Waals surface area contributed by atoms with Crippen molar-refractivity contribution in [2.45, 2.75) is 12.6 Å². The van der Waals surface area contributed by atoms with Gasteiger partial charge >= 0.3 is 6.09 Å². The Labute approximate surface area is 132 Å². The number of benzene rings is 1. The summed E-state index contributed by atoms with van der Waals surface area (Å²) in [6, 6.07) is 3.35. The van der Waals surface area contributed by atoms with Gasteiger partial charge in [-0.15, -0.1) is 10.2 Å². The summed E-state index contributed by atoms with van der Waals surface area (Å²) in [5.41, 5.74) is 5.68. The van der Waals surface area contributed by atoms with Crippen LogP contribution in [0.4, 0.5) is 4.79 Å². The second-order valence-electron chi connectivity index (χ2n) is 4.34. The van der Waals surface area contributed by atoms with Crippen LogP contribution in [0.1, 0.15) is 11.7 Å². The van der Waals surface area contributed by atoms with Crippen molar-refractivity contribution in [1.29, 1.82) is 0 Å². The fraction of sp³-hybridized carbons (Fsp3) is 0.385. The van der Waals surface area contributed by atoms with Gasteiger partial charge in [-0.3, -0.25) is 0 Å². The molecule has 10 nitrogen and oxygen atoms in total. The maximum atomic E-state index is 11.2. The van der Waals surface area contributed by atoms with Crippen molar-refractivity contribution in [2.24, 2.45) is 5.73 Å². The minimum absolute atomic E-state index is 0.106. The van der Waals surface area contributed by atoms with Crippen LogP contribution < -0.4 is 19.9 Å². The molecule has 0 saturated heterocycles. The van der Waals surface area contributed by atoms with Gasteiger partial charge in [-0.2, -0.15) is 4.80 Å². The molecule has 0 fully saturated rings. The number of amides is 1. The predicted molar refractivity (Wildman–Crippen MR) is 77.3 cm³/mol. The molecular weight excluding hydrogens is 306 g/mol. The van der Waals surface area contributed by atoms with E-state index in [1.165, 1.54) is 32.5 Å². The third-order valence-corrected chi connectivity index (χ3v) is 3.06. The summed E-state index contributed by atoms with van der Waals surface area (Å²) in [5.74, 6) is 1.21. The molecule has 1 amide bonds. The van der Waals surface area contributed by atoms with E-state index in [9.17, 15) is 4.79 Å². The largest absolute Gasteiger partial charge is 0.493 e. The highest BCUT2D eigenvalue weighted by molar-refractivity contribution is 5.65. The zero-order valence-corrected chi connectivity index (χ0v) is 12.9. The van der Waals surface area contributed by atoms with Crippen molar-refractivity contribution in [3.8, 4) is 17.2 Å². The van der Waals surface area contributed by atoms with Gasteiger partial charge in [-0.1, -0.05) is 0 Å². The Kier molecular flexibility index (Phi) is 5.18. The molecule has 0 aliphatic heterocycles. The van der Waals surface area contributed by atoms with Crippen molar-refractivity contribution < 1.29 is 23.7 Å². The van der Waals surface area contributed by atoms with Gasteiger partial charge in [-0.05, 0) is 17.3 Å². The molecule has 1 atom stereocenters. The van der Waals surface area contributed by atoms with Gasteiger partial charge in [0.15, 0.2) is 23.9 Å². The lowest BCUT2D eigenvalue weighted by Gasteiger charge is -2.21. The van der Waals surface area contributed by atoms with Crippen LogP contribution in [0.2, 0.25) is 0 Å². The first kappa shape index (κ1) is 16.3. The number of tetrazole rings is 1. The van der Waals surface area contributed by atoms with Gasteiger partial charge in [-0.25, -0.2) is 4.79 Å². The minimum Gasteiger partial charge on any atom is -0.493 e. The molecule has 0 bridgehead atoms. The molecule has 0 aliphatic carbocycles. The molecule has 2 aromatic rings. The Morgan fingerprint density at radius 2 is 1.96 bits per heavy atom. The zero-order chi connectivity index (χ0) is 16.8. The lowest BCUT2D eigenvalue weighted by Crippen LogP contribution is -2.22. The molecular formula is C13H17N5O5. The van der Waals surface area contributed by atoms with Crippen molar-refractivity contribution in [3.05, 3.63) is 24.0 Å². The molecule has 10 heteroatoms. The van der Waals surface area contributed by atoms with Gasteiger partial charge in [0.25, 0.3) is 0 Å². The first-order valence-corrected chi connectivity index (χ1v) is 6.56. The summed E-state index contributed by atoms with van der Waals surface area (Å²) in [4.78, 5) is 12.5. The average molecular weight is 323 g/mol. The maximum absolute atomic E-state index is 11.2. The van der Waals surface area contributed by atoms with Gasteiger partial charge in [0.2, 0.25) is 5.75 Å². The van der Waals surface area contributed by atoms with E-state index in [4.69, 9.17) is 24.7 Å². The third kappa shape index (κ3) is 3.59. The lowest BCUT2D eigenvalue weighted by molar-refractivity contribution is 0.0880. The van der Waals surface area contributed by atoms with E-state index >= 15 is 0 Å². The van der Waals surface area contributed by atoms with Crippen LogP contribution in [0, 0.1) is 0 Å². The molecule has 0 spiro atoms. The van der Waals surface area contributed by atoms with Crippen LogP contribution in [0.3, 0.4) is 0 Å². The van der Waals surface area contributed by atoms with E-state index in [-0.39, 0.29) is 6.54 Å². The Bertz CT molecular complexity index is 661. The average Bonchev–Trinajstić information content (AvgIpc) is 3.05. The summed E-state index contributed by atoms with van der Waals surface area (Å²) in [6.07, 6.45) is -0.462. The molecule has 1 unspecified atom stereocenters. The summed E-state index contributed by atoms with van der Waals surface area (Å²) < 4.78 is 21.1. The predicted octanol–water partition coefficient (Wildman–Crippen LogP) is 0.536. The highest BCUT2D eigenvalue weighted by atomic mass is 16.6. The second-order valence-corrected chi connectivity index (χ2v) is 4.34. The molecule has 0 aliphatic rings. The molecule has 0 radical (unpaired) electrons. The first-order chi connectivity index (χ1) is 11.1. The third-order valence-electron chi connectivity index (χ3n) is 3.06. The number of ether oxygens (including phenoxy) is 4. The van der Waals surface area contributed by atoms with Crippen LogP contribution in [0.5, 0.6) is 17.2 Å². The monoisotopic (exact) mass is 323 g/mol. The number of nitrogens with zero attached hydrogens (tertiary/aromatic N) is 4. The molecule has 2 rings (SSSR count). The quantitative estimate of drug-likeness (QED) is 0.782. The normalized spacial score (nSPS) is 11.6. The smallest absolute Gasteiger partial charge is 0.405 e. The molecule has 1 aromatic carbocycles. The van der Waals surface area contributed by atoms with E-state index in [0.29, 0.717) is 22.8 Å². The number of nitrogens with two attached hydrogens (primary N) is 1. The number of rotatable bonds is 7. The van der Waals surface area contributed by atoms with Gasteiger partial charge in [0.1, 0.15) is 6.54 Å². The van der Waals surface area contributed by atoms with E-state index in [2.05, 4.69) is 15.4 Å². The van der Waals surface area contributed by atoms with E-state index < -0.39 is 12.2 Å². The van der Waals surface area contributed by atoms with E-state index in [1.54, 1.807) is 12.1 Å². The number of carbonyl (C=O) groups excluding carboxylic acids is 1. The first-order valence-electron chi connectivity index (χ1n) is 6.56. The highest BCUT2D eigenvalue weighted by Crippen LogP contribution is 2.43. The Morgan fingerprint density at radius 3 is 2.48 bits per heavy atom. The summed E-state index contributed by atoms with van der Waals surface area (Å²) in [6.45, 7) is 0.106. The topological polar surface area (TPSA) is 124 Å². The highest BCUT2D eigenvalue weighted by Gasteiger charge is 2.25. The Hall–Kier alpha value is -3.04. The minimum atomic E-state index is -0.938. The summed E-state index contributed by atoms with van der Waals surface area (Å²) >= 11 is 0. The van der Waals surface area contributed by atoms with Crippen LogP contribution in [0.15, 0.2) is 18.5 Å². The standard InChI is InChI=1S/C13H17N5O5/c1-20-9-5-4-8(11(21-2)12(9)22-3)10(23-13(14)19)6-18-16-7-15-17-18/h4-5,7,10H,6H2,1-3H3,(H2,14,19). The van der Waals surface area contributed by atoms with Crippen LogP contribution in [-0.4, -0.2) is 47.6 Å². The molecule has 23 heavy (non-hydrogen) atoms. The molecule has 124 valence electrons. The van der Waals surface area contributed by atoms with Crippen LogP contribution in [-0.2, 0) is 11.3 Å². The summed E-state index contributed by atoms with van der Waals surface area (Å²) in [5, 5.41) is 11.2. The fourth-order valence-electron chi connectivity index (χ4n) is 2.14. The van der Waals surface area contributed by atoms with Gasteiger partial charge in [0.05, 0.1) is 21.3 Å². The SMILES string of the molecule is COc1ccc(C(Cn2ncnn2)OC(N)=O)c(OC)c1OC. The molecule has 1 heterocycles. The number of methoxy groups -OCH3 is 3. The lowest BCUT2D eigenvalue weighted by atomic mass is 10.1. The number of primary amides is 1. The van der Waals surface area contributed by atoms with Crippen LogP contribution >= 0.6 is 0 Å². The van der Waals surface area contributed by atoms with E-state index in [1.807, 2.05) is 0 Å². The Balaban J connectivity index is 2.46. The van der Waals surface area contributed by atoms with E-state index in [0.717, 1.165) is 0 Å². The number of hydrogen-bond acceptors (Lipinski definition) is 8. The second kappa shape index (κ2) is 7.29. The van der Waals surface area contributed by atoms with Gasteiger partial charge < -0.3 is 24.7 Å². The molecule has 1 aromatic heterocycles. The van der Waals surface area contributed by atoms with Crippen molar-refractivity contribution in [2.75, 3.05) is 21.3 Å². The molecule has 0 saturated carbocycles. The number of carbonyl (C=O) groups is 1. The van der Waals surface area contributed by atoms with Crippen molar-refractivity contribution in [1.82, 2.24) is 20.2 Å². The van der Waals surface area contributed by atoms with Crippen molar-refractivity contribution >= 4 is 6.09 Å². The number of hydrogen-bond donors (Lipinski definition) is 1.